The molecule has 0 saturated heterocycles. The summed E-state index contributed by atoms with van der Waals surface area (Å²) in [6.07, 6.45) is 0. The van der Waals surface area contributed by atoms with E-state index in [0.29, 0.717) is 5.92 Å². The molecule has 0 aromatic carbocycles. The second-order valence-electron chi connectivity index (χ2n) is 3.27. The summed E-state index contributed by atoms with van der Waals surface area (Å²) >= 11 is 0. The van der Waals surface area contributed by atoms with Crippen molar-refractivity contribution in [3.05, 3.63) is 6.54 Å². The van der Waals surface area contributed by atoms with Gasteiger partial charge in [0.15, 0.2) is 0 Å². The molecule has 0 aliphatic heterocycles. The van der Waals surface area contributed by atoms with Crippen molar-refractivity contribution in [3.63, 3.8) is 0 Å². The molecule has 0 aliphatic rings. The average molecular weight is 144 g/mol. The number of hydrogen-bond acceptors (Lipinski definition) is 2. The van der Waals surface area contributed by atoms with Gasteiger partial charge in [-0.3, -0.25) is 4.84 Å². The first-order valence-electron chi connectivity index (χ1n) is 3.72. The maximum absolute atomic E-state index is 5.33. The van der Waals surface area contributed by atoms with Crippen LogP contribution in [-0.2, 0) is 4.84 Å². The van der Waals surface area contributed by atoms with Gasteiger partial charge in [0.2, 0.25) is 0 Å². The van der Waals surface area contributed by atoms with E-state index in [1.54, 1.807) is 6.54 Å². The molecule has 0 spiro atoms. The number of nitrogens with one attached hydrogen (secondary N) is 1. The Kier molecular flexibility index (Phi) is 3.91. The van der Waals surface area contributed by atoms with E-state index in [0.717, 1.165) is 0 Å². The molecule has 0 heterocycles. The van der Waals surface area contributed by atoms with Crippen LogP contribution < -0.4 is 5.48 Å². The first-order chi connectivity index (χ1) is 4.50. The van der Waals surface area contributed by atoms with Gasteiger partial charge in [-0.05, 0) is 26.7 Å². The van der Waals surface area contributed by atoms with Crippen LogP contribution >= 0.6 is 0 Å². The highest BCUT2D eigenvalue weighted by Crippen LogP contribution is 2.18. The van der Waals surface area contributed by atoms with Gasteiger partial charge in [0.1, 0.15) is 0 Å². The number of rotatable bonds is 4. The molecule has 0 unspecified atom stereocenters. The molecule has 61 valence electrons. The molecule has 0 aliphatic carbocycles. The molecule has 0 aromatic rings. The molecule has 10 heavy (non-hydrogen) atoms. The normalized spacial score (nSPS) is 12.6. The Labute approximate surface area is 63.9 Å². The zero-order valence-corrected chi connectivity index (χ0v) is 7.56. The first kappa shape index (κ1) is 9.92. The van der Waals surface area contributed by atoms with Crippen molar-refractivity contribution in [2.45, 2.75) is 40.2 Å². The van der Waals surface area contributed by atoms with E-state index in [2.05, 4.69) is 33.2 Å². The van der Waals surface area contributed by atoms with E-state index in [1.807, 2.05) is 6.92 Å². The lowest BCUT2D eigenvalue weighted by molar-refractivity contribution is -0.0991. The highest BCUT2D eigenvalue weighted by atomic mass is 16.7. The lowest BCUT2D eigenvalue weighted by Crippen LogP contribution is -2.35. The van der Waals surface area contributed by atoms with Gasteiger partial charge < -0.3 is 0 Å². The van der Waals surface area contributed by atoms with Gasteiger partial charge in [-0.15, -0.1) is 0 Å². The standard InChI is InChI=1S/C8H18NO/c1-6-9-10-8(4,5)7(2)3/h6-7,9H,1-5H3. The van der Waals surface area contributed by atoms with Gasteiger partial charge in [0.05, 0.1) is 5.60 Å². The SMILES string of the molecule is C[CH]NOC(C)(C)C(C)C. The Morgan fingerprint density at radius 1 is 1.40 bits per heavy atom. The molecule has 0 rings (SSSR count). The molecule has 1 N–H and O–H groups in total. The largest absolute Gasteiger partial charge is 0.295 e. The number of hydrogen-bond donors (Lipinski definition) is 1. The summed E-state index contributed by atoms with van der Waals surface area (Å²) in [6.45, 7) is 12.1. The van der Waals surface area contributed by atoms with E-state index in [-0.39, 0.29) is 5.60 Å². The Balaban J connectivity index is 3.63. The lowest BCUT2D eigenvalue weighted by Gasteiger charge is -2.28. The molecule has 0 saturated carbocycles. The average Bonchev–Trinajstić information content (AvgIpc) is 1.84. The van der Waals surface area contributed by atoms with Crippen molar-refractivity contribution < 1.29 is 4.84 Å². The smallest absolute Gasteiger partial charge is 0.0863 e. The van der Waals surface area contributed by atoms with E-state index in [4.69, 9.17) is 4.84 Å². The summed E-state index contributed by atoms with van der Waals surface area (Å²) in [4.78, 5) is 5.33. The third-order valence-electron chi connectivity index (χ3n) is 1.83. The predicted molar refractivity (Wildman–Crippen MR) is 43.1 cm³/mol. The van der Waals surface area contributed by atoms with E-state index >= 15 is 0 Å². The van der Waals surface area contributed by atoms with Gasteiger partial charge >= 0.3 is 0 Å². The Morgan fingerprint density at radius 3 is 2.20 bits per heavy atom. The maximum Gasteiger partial charge on any atom is 0.0863 e. The van der Waals surface area contributed by atoms with Crippen molar-refractivity contribution >= 4 is 0 Å². The monoisotopic (exact) mass is 144 g/mol. The van der Waals surface area contributed by atoms with Crippen LogP contribution in [0, 0.1) is 12.5 Å². The molecule has 1 radical (unpaired) electrons. The van der Waals surface area contributed by atoms with Crippen molar-refractivity contribution in [1.82, 2.24) is 5.48 Å². The summed E-state index contributed by atoms with van der Waals surface area (Å²) in [6, 6.07) is 0. The molecule has 2 heteroatoms. The van der Waals surface area contributed by atoms with Crippen LogP contribution in [0.1, 0.15) is 34.6 Å². The quantitative estimate of drug-likeness (QED) is 0.610. The third kappa shape index (κ3) is 3.18. The molecule has 0 aromatic heterocycles. The fourth-order valence-electron chi connectivity index (χ4n) is 0.329. The van der Waals surface area contributed by atoms with Crippen molar-refractivity contribution in [2.75, 3.05) is 0 Å². The summed E-state index contributed by atoms with van der Waals surface area (Å²) in [7, 11) is 0. The van der Waals surface area contributed by atoms with Crippen LogP contribution in [0.25, 0.3) is 0 Å². The zero-order chi connectivity index (χ0) is 8.20. The fourth-order valence-corrected chi connectivity index (χ4v) is 0.329. The number of hydroxylamine groups is 1. The first-order valence-corrected chi connectivity index (χ1v) is 3.72. The van der Waals surface area contributed by atoms with E-state index < -0.39 is 0 Å². The van der Waals surface area contributed by atoms with Gasteiger partial charge in [-0.1, -0.05) is 13.8 Å². The van der Waals surface area contributed by atoms with Gasteiger partial charge in [0.25, 0.3) is 0 Å². The highest BCUT2D eigenvalue weighted by molar-refractivity contribution is 4.71. The highest BCUT2D eigenvalue weighted by Gasteiger charge is 2.22. The lowest BCUT2D eigenvalue weighted by atomic mass is 9.95. The van der Waals surface area contributed by atoms with Crippen molar-refractivity contribution in [1.29, 1.82) is 0 Å². The molecular formula is C8H18NO. The van der Waals surface area contributed by atoms with E-state index in [9.17, 15) is 0 Å². The van der Waals surface area contributed by atoms with Gasteiger partial charge in [-0.2, -0.15) is 5.48 Å². The van der Waals surface area contributed by atoms with Crippen LogP contribution in [0.3, 0.4) is 0 Å². The van der Waals surface area contributed by atoms with Crippen LogP contribution in [0.4, 0.5) is 0 Å². The Morgan fingerprint density at radius 2 is 1.90 bits per heavy atom. The van der Waals surface area contributed by atoms with Crippen molar-refractivity contribution in [3.8, 4) is 0 Å². The predicted octanol–water partition coefficient (Wildman–Crippen LogP) is 2.12. The molecule has 0 amide bonds. The van der Waals surface area contributed by atoms with Crippen molar-refractivity contribution in [2.24, 2.45) is 5.92 Å². The second kappa shape index (κ2) is 3.94. The Bertz CT molecular complexity index is 89.3. The second-order valence-corrected chi connectivity index (χ2v) is 3.27. The van der Waals surface area contributed by atoms with Gasteiger partial charge in [-0.25, -0.2) is 0 Å². The zero-order valence-electron chi connectivity index (χ0n) is 7.56. The maximum atomic E-state index is 5.33. The molecule has 0 bridgehead atoms. The van der Waals surface area contributed by atoms with Crippen LogP contribution in [0.2, 0.25) is 0 Å². The summed E-state index contributed by atoms with van der Waals surface area (Å²) in [5, 5.41) is 0. The van der Waals surface area contributed by atoms with Crippen LogP contribution in [-0.4, -0.2) is 5.60 Å². The molecular weight excluding hydrogens is 126 g/mol. The fraction of sp³-hybridized carbons (Fsp3) is 0.875. The van der Waals surface area contributed by atoms with Crippen LogP contribution in [0.15, 0.2) is 0 Å². The summed E-state index contributed by atoms with van der Waals surface area (Å²) < 4.78 is 0. The van der Waals surface area contributed by atoms with Gasteiger partial charge in [0, 0.05) is 6.54 Å². The molecule has 2 nitrogen and oxygen atoms in total. The third-order valence-corrected chi connectivity index (χ3v) is 1.83. The molecule has 0 atom stereocenters. The topological polar surface area (TPSA) is 21.3 Å². The minimum Gasteiger partial charge on any atom is -0.295 e. The van der Waals surface area contributed by atoms with Crippen LogP contribution in [0.5, 0.6) is 0 Å². The molecule has 0 fully saturated rings. The summed E-state index contributed by atoms with van der Waals surface area (Å²) in [5.74, 6) is 0.514. The van der Waals surface area contributed by atoms with E-state index in [1.165, 1.54) is 0 Å². The Hall–Kier alpha value is -0.0800. The summed E-state index contributed by atoms with van der Waals surface area (Å²) in [5.41, 5.74) is 2.65. The minimum absolute atomic E-state index is 0.0908. The minimum atomic E-state index is -0.0908.